The van der Waals surface area contributed by atoms with E-state index < -0.39 is 11.9 Å². The van der Waals surface area contributed by atoms with Gasteiger partial charge in [-0.3, -0.25) is 4.79 Å². The van der Waals surface area contributed by atoms with E-state index in [2.05, 4.69) is 5.32 Å². The first-order valence-electron chi connectivity index (χ1n) is 7.47. The summed E-state index contributed by atoms with van der Waals surface area (Å²) in [7, 11) is 0. The van der Waals surface area contributed by atoms with Crippen LogP contribution in [0, 0.1) is 12.7 Å². The highest BCUT2D eigenvalue weighted by atomic mass is 19.1. The zero-order valence-electron chi connectivity index (χ0n) is 12.7. The number of benzene rings is 2. The number of anilines is 1. The Bertz CT molecular complexity index is 742. The molecule has 0 spiro atoms. The van der Waals surface area contributed by atoms with Crippen LogP contribution in [0.1, 0.15) is 47.6 Å². The van der Waals surface area contributed by atoms with Crippen LogP contribution in [-0.4, -0.2) is 5.91 Å². The van der Waals surface area contributed by atoms with E-state index in [1.165, 1.54) is 6.07 Å². The molecule has 2 aromatic carbocycles. The van der Waals surface area contributed by atoms with Gasteiger partial charge in [0, 0.05) is 0 Å². The van der Waals surface area contributed by atoms with Gasteiger partial charge in [0.2, 0.25) is 5.91 Å². The average molecular weight is 298 g/mol. The number of aryl methyl sites for hydroxylation is 1. The lowest BCUT2D eigenvalue weighted by Crippen LogP contribution is -2.13. The largest absolute Gasteiger partial charge is 0.323 e. The minimum Gasteiger partial charge on any atom is -0.323 e. The van der Waals surface area contributed by atoms with Crippen LogP contribution in [0.15, 0.2) is 36.4 Å². The van der Waals surface area contributed by atoms with Crippen LogP contribution in [-0.2, 0) is 4.79 Å². The molecule has 3 N–H and O–H groups in total. The monoisotopic (exact) mass is 298 g/mol. The molecule has 2 unspecified atom stereocenters. The number of hydrogen-bond donors (Lipinski definition) is 2. The van der Waals surface area contributed by atoms with E-state index in [0.717, 1.165) is 11.1 Å². The molecule has 0 saturated heterocycles. The number of nitrogens with one attached hydrogen (secondary N) is 1. The maximum atomic E-state index is 14.3. The Morgan fingerprint density at radius 3 is 2.73 bits per heavy atom. The van der Waals surface area contributed by atoms with Gasteiger partial charge in [-0.25, -0.2) is 4.39 Å². The zero-order valence-corrected chi connectivity index (χ0v) is 12.7. The quantitative estimate of drug-likeness (QED) is 0.909. The summed E-state index contributed by atoms with van der Waals surface area (Å²) in [5.74, 6) is -0.855. The Morgan fingerprint density at radius 1 is 1.27 bits per heavy atom. The summed E-state index contributed by atoms with van der Waals surface area (Å²) in [6, 6.07) is 10.7. The van der Waals surface area contributed by atoms with Gasteiger partial charge >= 0.3 is 0 Å². The molecule has 1 aliphatic heterocycles. The van der Waals surface area contributed by atoms with Gasteiger partial charge in [-0.05, 0) is 36.1 Å². The fraction of sp³-hybridized carbons (Fsp3) is 0.278. The molecule has 3 nitrogen and oxygen atoms in total. The highest BCUT2D eigenvalue weighted by Crippen LogP contribution is 2.38. The molecule has 114 valence electrons. The summed E-state index contributed by atoms with van der Waals surface area (Å²) in [5.41, 5.74) is 10.0. The number of carbonyl (C=O) groups is 1. The number of nitrogens with two attached hydrogens (primary N) is 1. The van der Waals surface area contributed by atoms with Crippen LogP contribution in [0.25, 0.3) is 0 Å². The van der Waals surface area contributed by atoms with Crippen LogP contribution in [0.3, 0.4) is 0 Å². The van der Waals surface area contributed by atoms with Gasteiger partial charge in [0.1, 0.15) is 5.82 Å². The third-order valence-corrected chi connectivity index (χ3v) is 4.25. The number of rotatable bonds is 3. The highest BCUT2D eigenvalue weighted by molar-refractivity contribution is 6.03. The summed E-state index contributed by atoms with van der Waals surface area (Å²) in [5, 5.41) is 2.63. The molecule has 0 aliphatic carbocycles. The van der Waals surface area contributed by atoms with E-state index in [9.17, 15) is 9.18 Å². The molecule has 22 heavy (non-hydrogen) atoms. The van der Waals surface area contributed by atoms with Crippen molar-refractivity contribution in [1.82, 2.24) is 0 Å². The fourth-order valence-corrected chi connectivity index (χ4v) is 3.05. The molecule has 2 atom stereocenters. The first kappa shape index (κ1) is 14.7. The molecule has 1 amide bonds. The number of hydrogen-bond acceptors (Lipinski definition) is 2. The van der Waals surface area contributed by atoms with Gasteiger partial charge in [-0.1, -0.05) is 42.8 Å². The molecule has 0 radical (unpaired) electrons. The Labute approximate surface area is 129 Å². The molecule has 0 saturated carbocycles. The minimum atomic E-state index is -0.417. The Balaban J connectivity index is 2.05. The standard InChI is InChI=1S/C18H19FN2O/c1-3-13-14-8-12(9-15(19)17(14)21-18(13)22)16(20)11-6-4-5-10(2)7-11/h4-9,13,16H,3,20H2,1-2H3,(H,21,22). The molecule has 3 rings (SSSR count). The van der Waals surface area contributed by atoms with Crippen LogP contribution in [0.5, 0.6) is 0 Å². The van der Waals surface area contributed by atoms with Gasteiger partial charge in [-0.2, -0.15) is 0 Å². The molecule has 0 bridgehead atoms. The van der Waals surface area contributed by atoms with E-state index in [-0.39, 0.29) is 11.8 Å². The van der Waals surface area contributed by atoms with Crippen molar-refractivity contribution in [2.24, 2.45) is 5.73 Å². The topological polar surface area (TPSA) is 55.1 Å². The Kier molecular flexibility index (Phi) is 3.71. The SMILES string of the molecule is CCC1C(=O)Nc2c(F)cc(C(N)c3cccc(C)c3)cc21. The van der Waals surface area contributed by atoms with Crippen molar-refractivity contribution in [3.8, 4) is 0 Å². The molecular formula is C18H19FN2O. The van der Waals surface area contributed by atoms with Crippen molar-refractivity contribution >= 4 is 11.6 Å². The second-order valence-corrected chi connectivity index (χ2v) is 5.81. The summed E-state index contributed by atoms with van der Waals surface area (Å²) < 4.78 is 14.3. The van der Waals surface area contributed by atoms with Gasteiger partial charge in [0.05, 0.1) is 17.6 Å². The van der Waals surface area contributed by atoms with E-state index in [1.807, 2.05) is 44.2 Å². The van der Waals surface area contributed by atoms with Crippen LogP contribution >= 0.6 is 0 Å². The van der Waals surface area contributed by atoms with E-state index >= 15 is 0 Å². The predicted molar refractivity (Wildman–Crippen MR) is 85.3 cm³/mol. The molecule has 2 aromatic rings. The summed E-state index contributed by atoms with van der Waals surface area (Å²) >= 11 is 0. The van der Waals surface area contributed by atoms with Crippen molar-refractivity contribution in [2.45, 2.75) is 32.2 Å². The maximum absolute atomic E-state index is 14.3. The summed E-state index contributed by atoms with van der Waals surface area (Å²) in [6.07, 6.45) is 0.640. The van der Waals surface area contributed by atoms with E-state index in [4.69, 9.17) is 5.73 Å². The zero-order chi connectivity index (χ0) is 15.9. The third kappa shape index (κ3) is 2.40. The number of halogens is 1. The first-order valence-corrected chi connectivity index (χ1v) is 7.47. The normalized spacial score (nSPS) is 18.0. The van der Waals surface area contributed by atoms with Crippen LogP contribution in [0.4, 0.5) is 10.1 Å². The summed E-state index contributed by atoms with van der Waals surface area (Å²) in [6.45, 7) is 3.92. The smallest absolute Gasteiger partial charge is 0.232 e. The second-order valence-electron chi connectivity index (χ2n) is 5.81. The van der Waals surface area contributed by atoms with Crippen LogP contribution in [0.2, 0.25) is 0 Å². The third-order valence-electron chi connectivity index (χ3n) is 4.25. The van der Waals surface area contributed by atoms with Crippen molar-refractivity contribution in [3.05, 3.63) is 64.5 Å². The van der Waals surface area contributed by atoms with Crippen molar-refractivity contribution in [2.75, 3.05) is 5.32 Å². The lowest BCUT2D eigenvalue weighted by molar-refractivity contribution is -0.117. The van der Waals surface area contributed by atoms with Gasteiger partial charge < -0.3 is 11.1 Å². The second kappa shape index (κ2) is 5.54. The maximum Gasteiger partial charge on any atom is 0.232 e. The van der Waals surface area contributed by atoms with Gasteiger partial charge in [-0.15, -0.1) is 0 Å². The summed E-state index contributed by atoms with van der Waals surface area (Å²) in [4.78, 5) is 11.9. The highest BCUT2D eigenvalue weighted by Gasteiger charge is 2.32. The Hall–Kier alpha value is -2.20. The fourth-order valence-electron chi connectivity index (χ4n) is 3.05. The molecule has 4 heteroatoms. The molecule has 1 aliphatic rings. The Morgan fingerprint density at radius 2 is 2.05 bits per heavy atom. The molecular weight excluding hydrogens is 279 g/mol. The van der Waals surface area contributed by atoms with Crippen LogP contribution < -0.4 is 11.1 Å². The predicted octanol–water partition coefficient (Wildman–Crippen LogP) is 3.63. The first-order chi connectivity index (χ1) is 10.5. The lowest BCUT2D eigenvalue weighted by atomic mass is 9.92. The van der Waals surface area contributed by atoms with E-state index in [1.54, 1.807) is 0 Å². The van der Waals surface area contributed by atoms with E-state index in [0.29, 0.717) is 23.2 Å². The van der Waals surface area contributed by atoms with Crippen molar-refractivity contribution in [3.63, 3.8) is 0 Å². The lowest BCUT2D eigenvalue weighted by Gasteiger charge is -2.16. The number of carbonyl (C=O) groups excluding carboxylic acids is 1. The van der Waals surface area contributed by atoms with Gasteiger partial charge in [0.25, 0.3) is 0 Å². The van der Waals surface area contributed by atoms with Crippen molar-refractivity contribution in [1.29, 1.82) is 0 Å². The molecule has 1 heterocycles. The minimum absolute atomic E-state index is 0.141. The number of fused-ring (bicyclic) bond motifs is 1. The average Bonchev–Trinajstić information content (AvgIpc) is 2.82. The molecule has 0 aromatic heterocycles. The number of amides is 1. The molecule has 0 fully saturated rings. The van der Waals surface area contributed by atoms with Gasteiger partial charge in [0.15, 0.2) is 0 Å². The van der Waals surface area contributed by atoms with Crippen molar-refractivity contribution < 1.29 is 9.18 Å².